The van der Waals surface area contributed by atoms with Crippen LogP contribution in [0.25, 0.3) is 10.9 Å². The number of carbonyl (C=O) groups excluding carboxylic acids is 2. The monoisotopic (exact) mass is 414 g/mol. The molecule has 0 spiro atoms. The fourth-order valence-corrected chi connectivity index (χ4v) is 3.60. The maximum absolute atomic E-state index is 12.9. The van der Waals surface area contributed by atoms with Crippen LogP contribution in [-0.4, -0.2) is 34.7 Å². The highest BCUT2D eigenvalue weighted by Gasteiger charge is 2.20. The van der Waals surface area contributed by atoms with Crippen molar-refractivity contribution >= 4 is 39.2 Å². The van der Waals surface area contributed by atoms with Gasteiger partial charge in [0.2, 0.25) is 18.1 Å². The van der Waals surface area contributed by atoms with Crippen molar-refractivity contribution in [2.75, 3.05) is 18.7 Å². The van der Waals surface area contributed by atoms with Gasteiger partial charge in [-0.15, -0.1) is 11.3 Å². The van der Waals surface area contributed by atoms with Crippen LogP contribution in [0.3, 0.4) is 0 Å². The van der Waals surface area contributed by atoms with Gasteiger partial charge >= 0.3 is 0 Å². The summed E-state index contributed by atoms with van der Waals surface area (Å²) in [4.78, 5) is 41.3. The largest absolute Gasteiger partial charge is 0.454 e. The number of carbonyl (C=O) groups is 2. The molecule has 0 fully saturated rings. The van der Waals surface area contributed by atoms with E-state index in [9.17, 15) is 14.4 Å². The summed E-state index contributed by atoms with van der Waals surface area (Å²) >= 11 is 1.31. The molecule has 2 aromatic heterocycles. The number of fused-ring (bicyclic) bond motifs is 2. The Morgan fingerprint density at radius 3 is 2.79 bits per heavy atom. The number of anilines is 1. The quantitative estimate of drug-likeness (QED) is 0.638. The van der Waals surface area contributed by atoms with E-state index in [-0.39, 0.29) is 31.2 Å². The van der Waals surface area contributed by atoms with E-state index in [4.69, 9.17) is 9.47 Å². The van der Waals surface area contributed by atoms with Gasteiger partial charge in [0.15, 0.2) is 16.6 Å². The lowest BCUT2D eigenvalue weighted by atomic mass is 10.1. The smallest absolute Gasteiger partial charge is 0.256 e. The zero-order valence-corrected chi connectivity index (χ0v) is 16.4. The van der Waals surface area contributed by atoms with Crippen molar-refractivity contribution in [2.24, 2.45) is 0 Å². The SMILES string of the molecule is CCn1cc(C(=O)NCCC(=O)Nc2nccs2)c(=O)c2cc3c(cc21)OCO3. The van der Waals surface area contributed by atoms with Crippen molar-refractivity contribution < 1.29 is 19.1 Å². The minimum absolute atomic E-state index is 0.0125. The molecule has 0 bridgehead atoms. The van der Waals surface area contributed by atoms with E-state index < -0.39 is 11.3 Å². The van der Waals surface area contributed by atoms with Gasteiger partial charge in [0, 0.05) is 43.4 Å². The Hall–Kier alpha value is -3.40. The molecule has 1 aliphatic rings. The van der Waals surface area contributed by atoms with E-state index in [2.05, 4.69) is 15.6 Å². The minimum atomic E-state index is -0.529. The number of hydrogen-bond donors (Lipinski definition) is 2. The molecule has 0 unspecified atom stereocenters. The van der Waals surface area contributed by atoms with Crippen LogP contribution in [0.2, 0.25) is 0 Å². The molecule has 9 nitrogen and oxygen atoms in total. The first kappa shape index (κ1) is 18.9. The Balaban J connectivity index is 1.51. The molecule has 150 valence electrons. The molecule has 0 radical (unpaired) electrons. The highest BCUT2D eigenvalue weighted by molar-refractivity contribution is 7.13. The van der Waals surface area contributed by atoms with Crippen molar-refractivity contribution in [2.45, 2.75) is 19.9 Å². The Labute approximate surface area is 169 Å². The summed E-state index contributed by atoms with van der Waals surface area (Å²) in [5.74, 6) is 0.257. The second-order valence-electron chi connectivity index (χ2n) is 6.27. The summed E-state index contributed by atoms with van der Waals surface area (Å²) in [5.41, 5.74) is 0.285. The van der Waals surface area contributed by atoms with E-state index >= 15 is 0 Å². The summed E-state index contributed by atoms with van der Waals surface area (Å²) in [7, 11) is 0. The third-order valence-corrected chi connectivity index (χ3v) is 5.16. The van der Waals surface area contributed by atoms with Crippen LogP contribution in [0.1, 0.15) is 23.7 Å². The topological polar surface area (TPSA) is 112 Å². The number of pyridine rings is 1. The average molecular weight is 414 g/mol. The summed E-state index contributed by atoms with van der Waals surface area (Å²) in [6.45, 7) is 2.68. The molecule has 1 aromatic carbocycles. The zero-order valence-electron chi connectivity index (χ0n) is 15.6. The van der Waals surface area contributed by atoms with Gasteiger partial charge < -0.3 is 24.7 Å². The van der Waals surface area contributed by atoms with Crippen LogP contribution in [-0.2, 0) is 11.3 Å². The van der Waals surface area contributed by atoms with Gasteiger partial charge in [0.25, 0.3) is 5.91 Å². The van der Waals surface area contributed by atoms with Crippen molar-refractivity contribution in [3.8, 4) is 11.5 Å². The third kappa shape index (κ3) is 3.79. The molecule has 1 aliphatic heterocycles. The highest BCUT2D eigenvalue weighted by atomic mass is 32.1. The lowest BCUT2D eigenvalue weighted by molar-refractivity contribution is -0.116. The summed E-state index contributed by atoms with van der Waals surface area (Å²) < 4.78 is 12.5. The molecular weight excluding hydrogens is 396 g/mol. The number of benzene rings is 1. The number of ether oxygens (including phenoxy) is 2. The first-order valence-electron chi connectivity index (χ1n) is 9.01. The van der Waals surface area contributed by atoms with E-state index in [0.717, 1.165) is 0 Å². The Bertz CT molecular complexity index is 1140. The fourth-order valence-electron chi connectivity index (χ4n) is 3.05. The molecule has 0 saturated carbocycles. The third-order valence-electron chi connectivity index (χ3n) is 4.48. The van der Waals surface area contributed by atoms with Crippen LogP contribution in [0.5, 0.6) is 11.5 Å². The van der Waals surface area contributed by atoms with Crippen molar-refractivity contribution in [1.29, 1.82) is 0 Å². The van der Waals surface area contributed by atoms with E-state index in [1.54, 1.807) is 23.7 Å². The van der Waals surface area contributed by atoms with E-state index in [0.29, 0.717) is 34.1 Å². The Morgan fingerprint density at radius 2 is 2.07 bits per heavy atom. The Kier molecular flexibility index (Phi) is 5.17. The fraction of sp³-hybridized carbons (Fsp3) is 0.263. The molecular formula is C19H18N4O5S. The maximum Gasteiger partial charge on any atom is 0.256 e. The van der Waals surface area contributed by atoms with Gasteiger partial charge in [-0.25, -0.2) is 4.98 Å². The predicted octanol–water partition coefficient (Wildman–Crippen LogP) is 1.97. The van der Waals surface area contributed by atoms with Crippen LogP contribution >= 0.6 is 11.3 Å². The second kappa shape index (κ2) is 7.92. The molecule has 3 heterocycles. The summed E-state index contributed by atoms with van der Waals surface area (Å²) in [6.07, 6.45) is 3.19. The predicted molar refractivity (Wildman–Crippen MR) is 108 cm³/mol. The van der Waals surface area contributed by atoms with Crippen molar-refractivity contribution in [3.63, 3.8) is 0 Å². The van der Waals surface area contributed by atoms with Gasteiger partial charge in [-0.2, -0.15) is 0 Å². The van der Waals surface area contributed by atoms with Crippen molar-refractivity contribution in [3.05, 3.63) is 45.7 Å². The molecule has 10 heteroatoms. The van der Waals surface area contributed by atoms with Gasteiger partial charge in [-0.1, -0.05) is 0 Å². The lowest BCUT2D eigenvalue weighted by Gasteiger charge is -2.12. The molecule has 0 atom stereocenters. The van der Waals surface area contributed by atoms with E-state index in [1.807, 2.05) is 11.5 Å². The number of rotatable bonds is 6. The molecule has 2 N–H and O–H groups in total. The van der Waals surface area contributed by atoms with Gasteiger partial charge in [0.05, 0.1) is 10.9 Å². The molecule has 0 saturated heterocycles. The molecule has 2 amide bonds. The van der Waals surface area contributed by atoms with Crippen LogP contribution in [0.15, 0.2) is 34.7 Å². The number of nitrogens with zero attached hydrogens (tertiary/aromatic N) is 2. The van der Waals surface area contributed by atoms with Crippen LogP contribution < -0.4 is 25.5 Å². The van der Waals surface area contributed by atoms with Gasteiger partial charge in [0.1, 0.15) is 5.56 Å². The summed E-state index contributed by atoms with van der Waals surface area (Å²) in [6, 6.07) is 3.34. The Morgan fingerprint density at radius 1 is 1.28 bits per heavy atom. The highest BCUT2D eigenvalue weighted by Crippen LogP contribution is 2.35. The molecule has 3 aromatic rings. The standard InChI is InChI=1S/C19H18N4O5S/c1-2-23-9-12(17(25)11-7-14-15(8-13(11)23)28-10-27-14)18(26)20-4-3-16(24)22-19-21-5-6-29-19/h5-9H,2-4,10H2,1H3,(H,20,26)(H,21,22,24). The van der Waals surface area contributed by atoms with Crippen molar-refractivity contribution in [1.82, 2.24) is 14.9 Å². The number of aryl methyl sites for hydroxylation is 1. The number of thiazole rings is 1. The number of amides is 2. The van der Waals surface area contributed by atoms with Gasteiger partial charge in [-0.05, 0) is 13.0 Å². The normalized spacial score (nSPS) is 12.2. The first-order chi connectivity index (χ1) is 14.1. The maximum atomic E-state index is 12.9. The number of aromatic nitrogens is 2. The zero-order chi connectivity index (χ0) is 20.4. The lowest BCUT2D eigenvalue weighted by Crippen LogP contribution is -2.32. The van der Waals surface area contributed by atoms with E-state index in [1.165, 1.54) is 17.5 Å². The number of hydrogen-bond acceptors (Lipinski definition) is 7. The van der Waals surface area contributed by atoms with Crippen LogP contribution in [0.4, 0.5) is 5.13 Å². The molecule has 4 rings (SSSR count). The second-order valence-corrected chi connectivity index (χ2v) is 7.17. The van der Waals surface area contributed by atoms with Crippen LogP contribution in [0, 0.1) is 0 Å². The molecule has 29 heavy (non-hydrogen) atoms. The van der Waals surface area contributed by atoms with Gasteiger partial charge in [-0.3, -0.25) is 14.4 Å². The first-order valence-corrected chi connectivity index (χ1v) is 9.89. The minimum Gasteiger partial charge on any atom is -0.454 e. The number of nitrogens with one attached hydrogen (secondary N) is 2. The average Bonchev–Trinajstić information content (AvgIpc) is 3.38. The summed E-state index contributed by atoms with van der Waals surface area (Å²) in [5, 5.41) is 7.90. The molecule has 0 aliphatic carbocycles.